The highest BCUT2D eigenvalue weighted by Gasteiger charge is 2.32. The van der Waals surface area contributed by atoms with E-state index >= 15 is 0 Å². The summed E-state index contributed by atoms with van der Waals surface area (Å²) in [6.45, 7) is 0. The third kappa shape index (κ3) is 2.01. The molecule has 0 bridgehead atoms. The van der Waals surface area contributed by atoms with Gasteiger partial charge in [0.25, 0.3) is 0 Å². The maximum atomic E-state index is 5.92. The fourth-order valence-electron chi connectivity index (χ4n) is 2.22. The first kappa shape index (κ1) is 11.9. The summed E-state index contributed by atoms with van der Waals surface area (Å²) >= 11 is 0. The highest BCUT2D eigenvalue weighted by atomic mass is 16.5. The molecule has 1 aliphatic rings. The summed E-state index contributed by atoms with van der Waals surface area (Å²) in [7, 11) is 3.22. The van der Waals surface area contributed by atoms with Crippen LogP contribution in [0.2, 0.25) is 0 Å². The third-order valence-corrected chi connectivity index (χ3v) is 3.37. The van der Waals surface area contributed by atoms with Crippen LogP contribution in [0.25, 0.3) is 11.1 Å². The number of hydrogen-bond acceptors (Lipinski definition) is 5. The number of aromatic nitrogens is 1. The van der Waals surface area contributed by atoms with Crippen LogP contribution in [0.5, 0.6) is 11.5 Å². The second-order valence-electron chi connectivity index (χ2n) is 4.65. The van der Waals surface area contributed by atoms with Crippen LogP contribution >= 0.6 is 0 Å². The lowest BCUT2D eigenvalue weighted by molar-refractivity contribution is 0.355. The van der Waals surface area contributed by atoms with E-state index in [-0.39, 0.29) is 0 Å². The van der Waals surface area contributed by atoms with E-state index in [1.54, 1.807) is 14.2 Å². The molecule has 0 unspecified atom stereocenters. The SMILES string of the molecule is COc1ccc(-c2c(N)noc2C2CC2)cc1OC. The molecule has 2 N–H and O–H groups in total. The van der Waals surface area contributed by atoms with Crippen LogP contribution in [0.15, 0.2) is 22.7 Å². The molecule has 1 saturated carbocycles. The topological polar surface area (TPSA) is 70.5 Å². The largest absolute Gasteiger partial charge is 0.493 e. The number of hydrogen-bond donors (Lipinski definition) is 1. The summed E-state index contributed by atoms with van der Waals surface area (Å²) in [6.07, 6.45) is 2.27. The van der Waals surface area contributed by atoms with Gasteiger partial charge in [-0.25, -0.2) is 0 Å². The minimum Gasteiger partial charge on any atom is -0.493 e. The molecule has 2 aromatic rings. The lowest BCUT2D eigenvalue weighted by Crippen LogP contribution is -1.93. The molecule has 5 nitrogen and oxygen atoms in total. The molecule has 0 radical (unpaired) electrons. The summed E-state index contributed by atoms with van der Waals surface area (Å²) in [4.78, 5) is 0. The highest BCUT2D eigenvalue weighted by Crippen LogP contribution is 2.47. The second kappa shape index (κ2) is 4.50. The average molecular weight is 260 g/mol. The molecule has 3 rings (SSSR count). The van der Waals surface area contributed by atoms with Crippen LogP contribution in [0, 0.1) is 0 Å². The maximum absolute atomic E-state index is 5.92. The number of rotatable bonds is 4. The molecule has 100 valence electrons. The molecule has 19 heavy (non-hydrogen) atoms. The summed E-state index contributed by atoms with van der Waals surface area (Å²) in [5, 5.41) is 3.88. The van der Waals surface area contributed by atoms with E-state index in [2.05, 4.69) is 5.16 Å². The number of nitrogens with zero attached hydrogens (tertiary/aromatic N) is 1. The molecule has 0 spiro atoms. The van der Waals surface area contributed by atoms with Crippen LogP contribution in [0.1, 0.15) is 24.5 Å². The fraction of sp³-hybridized carbons (Fsp3) is 0.357. The van der Waals surface area contributed by atoms with Crippen molar-refractivity contribution in [3.63, 3.8) is 0 Å². The number of anilines is 1. The molecule has 0 amide bonds. The minimum absolute atomic E-state index is 0.425. The Morgan fingerprint density at radius 1 is 1.21 bits per heavy atom. The molecule has 1 fully saturated rings. The number of methoxy groups -OCH3 is 2. The molecular weight excluding hydrogens is 244 g/mol. The minimum atomic E-state index is 0.425. The molecule has 5 heteroatoms. The van der Waals surface area contributed by atoms with Gasteiger partial charge < -0.3 is 19.7 Å². The van der Waals surface area contributed by atoms with Crippen molar-refractivity contribution in [3.05, 3.63) is 24.0 Å². The van der Waals surface area contributed by atoms with Gasteiger partial charge in [0.05, 0.1) is 19.8 Å². The predicted molar refractivity (Wildman–Crippen MR) is 71.4 cm³/mol. The van der Waals surface area contributed by atoms with Gasteiger partial charge in [-0.3, -0.25) is 0 Å². The molecule has 0 atom stereocenters. The summed E-state index contributed by atoms with van der Waals surface area (Å²) < 4.78 is 15.9. The highest BCUT2D eigenvalue weighted by molar-refractivity contribution is 5.78. The Kier molecular flexibility index (Phi) is 2.81. The molecule has 0 aliphatic heterocycles. The number of benzene rings is 1. The van der Waals surface area contributed by atoms with Crippen molar-refractivity contribution in [2.75, 3.05) is 20.0 Å². The van der Waals surface area contributed by atoms with Crippen molar-refractivity contribution in [2.45, 2.75) is 18.8 Å². The van der Waals surface area contributed by atoms with Crippen molar-refractivity contribution in [1.82, 2.24) is 5.16 Å². The van der Waals surface area contributed by atoms with E-state index in [0.29, 0.717) is 23.2 Å². The first-order valence-electron chi connectivity index (χ1n) is 6.22. The number of nitrogens with two attached hydrogens (primary N) is 1. The van der Waals surface area contributed by atoms with Crippen LogP contribution in [0.3, 0.4) is 0 Å². The van der Waals surface area contributed by atoms with Crippen LogP contribution in [-0.4, -0.2) is 19.4 Å². The molecule has 1 heterocycles. The Balaban J connectivity index is 2.09. The van der Waals surface area contributed by atoms with E-state index in [1.165, 1.54) is 0 Å². The van der Waals surface area contributed by atoms with Crippen LogP contribution < -0.4 is 15.2 Å². The van der Waals surface area contributed by atoms with E-state index in [0.717, 1.165) is 29.7 Å². The lowest BCUT2D eigenvalue weighted by Gasteiger charge is -2.09. The summed E-state index contributed by atoms with van der Waals surface area (Å²) in [5.41, 5.74) is 7.75. The average Bonchev–Trinajstić information content (AvgIpc) is 3.21. The Hall–Kier alpha value is -2.17. The van der Waals surface area contributed by atoms with Crippen molar-refractivity contribution >= 4 is 5.82 Å². The van der Waals surface area contributed by atoms with Crippen molar-refractivity contribution in [3.8, 4) is 22.6 Å². The Bertz CT molecular complexity index is 603. The van der Waals surface area contributed by atoms with Gasteiger partial charge in [-0.2, -0.15) is 0 Å². The number of ether oxygens (including phenoxy) is 2. The zero-order chi connectivity index (χ0) is 13.4. The molecule has 1 aromatic carbocycles. The van der Waals surface area contributed by atoms with Gasteiger partial charge in [0.15, 0.2) is 17.3 Å². The van der Waals surface area contributed by atoms with Gasteiger partial charge in [-0.05, 0) is 30.5 Å². The predicted octanol–water partition coefficient (Wildman–Crippen LogP) is 2.82. The standard InChI is InChI=1S/C14H16N2O3/c1-17-10-6-5-9(7-11(10)18-2)12-13(8-3-4-8)19-16-14(12)15/h5-8H,3-4H2,1-2H3,(H2,15,16). The zero-order valence-electron chi connectivity index (χ0n) is 11.0. The van der Waals surface area contributed by atoms with E-state index in [1.807, 2.05) is 18.2 Å². The lowest BCUT2D eigenvalue weighted by atomic mass is 10.0. The molecule has 1 aliphatic carbocycles. The smallest absolute Gasteiger partial charge is 0.175 e. The summed E-state index contributed by atoms with van der Waals surface area (Å²) in [5.74, 6) is 3.11. The number of nitrogen functional groups attached to an aromatic ring is 1. The Labute approximate surface area is 111 Å². The molecular formula is C14H16N2O3. The first-order valence-corrected chi connectivity index (χ1v) is 6.22. The van der Waals surface area contributed by atoms with E-state index in [9.17, 15) is 0 Å². The maximum Gasteiger partial charge on any atom is 0.175 e. The second-order valence-corrected chi connectivity index (χ2v) is 4.65. The van der Waals surface area contributed by atoms with Crippen LogP contribution in [0.4, 0.5) is 5.82 Å². The Morgan fingerprint density at radius 3 is 2.58 bits per heavy atom. The quantitative estimate of drug-likeness (QED) is 0.915. The van der Waals surface area contributed by atoms with Crippen molar-refractivity contribution < 1.29 is 14.0 Å². The fourth-order valence-corrected chi connectivity index (χ4v) is 2.22. The van der Waals surface area contributed by atoms with Gasteiger partial charge >= 0.3 is 0 Å². The molecule has 1 aromatic heterocycles. The summed E-state index contributed by atoms with van der Waals surface area (Å²) in [6, 6.07) is 5.70. The van der Waals surface area contributed by atoms with Gasteiger partial charge in [0.2, 0.25) is 0 Å². The molecule has 0 saturated heterocycles. The van der Waals surface area contributed by atoms with Gasteiger partial charge in [-0.1, -0.05) is 11.2 Å². The van der Waals surface area contributed by atoms with Gasteiger partial charge in [-0.15, -0.1) is 0 Å². The van der Waals surface area contributed by atoms with E-state index < -0.39 is 0 Å². The van der Waals surface area contributed by atoms with Gasteiger partial charge in [0, 0.05) is 5.92 Å². The van der Waals surface area contributed by atoms with Gasteiger partial charge in [0.1, 0.15) is 5.76 Å². The van der Waals surface area contributed by atoms with Crippen molar-refractivity contribution in [1.29, 1.82) is 0 Å². The van der Waals surface area contributed by atoms with Crippen LogP contribution in [-0.2, 0) is 0 Å². The third-order valence-electron chi connectivity index (χ3n) is 3.37. The Morgan fingerprint density at radius 2 is 1.95 bits per heavy atom. The first-order chi connectivity index (χ1) is 9.24. The normalized spacial score (nSPS) is 14.4. The zero-order valence-corrected chi connectivity index (χ0v) is 11.0. The van der Waals surface area contributed by atoms with Crippen molar-refractivity contribution in [2.24, 2.45) is 0 Å². The monoisotopic (exact) mass is 260 g/mol. The van der Waals surface area contributed by atoms with E-state index in [4.69, 9.17) is 19.7 Å².